The smallest absolute Gasteiger partial charge is 0.417 e. The van der Waals surface area contributed by atoms with Crippen LogP contribution in [0.3, 0.4) is 0 Å². The number of hydrogen-bond acceptors (Lipinski definition) is 10. The van der Waals surface area contributed by atoms with E-state index in [1.165, 1.54) is 0 Å². The van der Waals surface area contributed by atoms with Crippen molar-refractivity contribution in [2.45, 2.75) is 83.4 Å². The zero-order valence-electron chi connectivity index (χ0n) is 17.9. The van der Waals surface area contributed by atoms with Crippen molar-refractivity contribution >= 4 is 23.9 Å². The number of amides is 2. The molecule has 0 aliphatic carbocycles. The molecule has 3 rings (SSSR count). The van der Waals surface area contributed by atoms with Gasteiger partial charge in [0.25, 0.3) is 5.91 Å². The fraction of sp³-hybridized carbons (Fsp3) is 0.789. The molecule has 11 heteroatoms. The number of hydrogen-bond donors (Lipinski definition) is 0. The summed E-state index contributed by atoms with van der Waals surface area (Å²) in [6, 6.07) is -1.39. The van der Waals surface area contributed by atoms with Gasteiger partial charge in [0.2, 0.25) is 6.10 Å². The monoisotopic (exact) mass is 429 g/mol. The third kappa shape index (κ3) is 4.14. The molecule has 0 aromatic heterocycles. The lowest BCUT2D eigenvalue weighted by Gasteiger charge is -2.42. The van der Waals surface area contributed by atoms with E-state index in [9.17, 15) is 19.2 Å². The summed E-state index contributed by atoms with van der Waals surface area (Å²) in [5.74, 6) is -4.38. The van der Waals surface area contributed by atoms with E-state index in [4.69, 9.17) is 28.4 Å². The van der Waals surface area contributed by atoms with Crippen LogP contribution in [0.2, 0.25) is 0 Å². The van der Waals surface area contributed by atoms with Crippen LogP contribution >= 0.6 is 0 Å². The van der Waals surface area contributed by atoms with E-state index >= 15 is 0 Å². The van der Waals surface area contributed by atoms with E-state index in [0.717, 1.165) is 13.8 Å². The van der Waals surface area contributed by atoms with Crippen molar-refractivity contribution in [3.8, 4) is 0 Å². The van der Waals surface area contributed by atoms with Gasteiger partial charge in [-0.05, 0) is 27.7 Å². The Kier molecular flexibility index (Phi) is 5.59. The van der Waals surface area contributed by atoms with Crippen LogP contribution in [0.5, 0.6) is 0 Å². The molecule has 30 heavy (non-hydrogen) atoms. The van der Waals surface area contributed by atoms with Crippen LogP contribution in [-0.2, 0) is 42.8 Å². The summed E-state index contributed by atoms with van der Waals surface area (Å²) in [6.45, 7) is 9.25. The number of rotatable bonds is 3. The number of fused-ring (bicyclic) bond motifs is 2. The lowest BCUT2D eigenvalue weighted by atomic mass is 10.0. The average Bonchev–Trinajstić information content (AvgIpc) is 2.97. The lowest BCUT2D eigenvalue weighted by Crippen LogP contribution is -2.62. The minimum atomic E-state index is -1.89. The first-order valence-electron chi connectivity index (χ1n) is 9.65. The van der Waals surface area contributed by atoms with Gasteiger partial charge in [-0.15, -0.1) is 0 Å². The third-order valence-corrected chi connectivity index (χ3v) is 4.82. The molecule has 2 amide bonds. The second-order valence-corrected chi connectivity index (χ2v) is 8.78. The van der Waals surface area contributed by atoms with Gasteiger partial charge in [-0.3, -0.25) is 14.4 Å². The Morgan fingerprint density at radius 3 is 2.30 bits per heavy atom. The van der Waals surface area contributed by atoms with Gasteiger partial charge < -0.3 is 28.4 Å². The maximum absolute atomic E-state index is 13.2. The number of carbonyl (C=O) groups is 4. The summed E-state index contributed by atoms with van der Waals surface area (Å²) in [5.41, 5.74) is -1.66. The van der Waals surface area contributed by atoms with E-state index in [0.29, 0.717) is 11.3 Å². The van der Waals surface area contributed by atoms with Crippen LogP contribution in [0.1, 0.15) is 48.0 Å². The molecule has 3 heterocycles. The van der Waals surface area contributed by atoms with E-state index < -0.39 is 59.4 Å². The second kappa shape index (κ2) is 7.47. The molecule has 3 aliphatic heterocycles. The Morgan fingerprint density at radius 2 is 1.73 bits per heavy atom. The number of nitrogens with zero attached hydrogens (tertiary/aromatic N) is 1. The predicted molar refractivity (Wildman–Crippen MR) is 96.7 cm³/mol. The first kappa shape index (κ1) is 22.4. The maximum Gasteiger partial charge on any atom is 0.417 e. The number of carbonyl (C=O) groups excluding carboxylic acids is 4. The summed E-state index contributed by atoms with van der Waals surface area (Å²) in [7, 11) is 0. The number of ether oxygens (including phenoxy) is 6. The molecule has 11 nitrogen and oxygen atoms in total. The topological polar surface area (TPSA) is 127 Å². The molecule has 0 aromatic carbocycles. The summed E-state index contributed by atoms with van der Waals surface area (Å²) < 4.78 is 33.4. The number of esters is 2. The Morgan fingerprint density at radius 1 is 1.10 bits per heavy atom. The lowest BCUT2D eigenvalue weighted by molar-refractivity contribution is -0.391. The summed E-state index contributed by atoms with van der Waals surface area (Å²) >= 11 is 0. The largest absolute Gasteiger partial charge is 0.455 e. The van der Waals surface area contributed by atoms with E-state index in [-0.39, 0.29) is 13.2 Å². The van der Waals surface area contributed by atoms with Crippen LogP contribution in [-0.4, -0.2) is 77.5 Å². The van der Waals surface area contributed by atoms with Crippen molar-refractivity contribution in [2.24, 2.45) is 0 Å². The maximum atomic E-state index is 13.2. The fourth-order valence-electron chi connectivity index (χ4n) is 3.71. The van der Waals surface area contributed by atoms with Crippen molar-refractivity contribution in [1.82, 2.24) is 4.90 Å². The third-order valence-electron chi connectivity index (χ3n) is 4.82. The van der Waals surface area contributed by atoms with Gasteiger partial charge in [0.15, 0.2) is 12.1 Å². The van der Waals surface area contributed by atoms with Gasteiger partial charge in [-0.25, -0.2) is 9.69 Å². The molecule has 0 aromatic rings. The van der Waals surface area contributed by atoms with Crippen LogP contribution in [0.25, 0.3) is 0 Å². The first-order valence-corrected chi connectivity index (χ1v) is 9.65. The van der Waals surface area contributed by atoms with Crippen LogP contribution < -0.4 is 0 Å². The first-order chi connectivity index (χ1) is 13.8. The van der Waals surface area contributed by atoms with Gasteiger partial charge in [-0.2, -0.15) is 0 Å². The summed E-state index contributed by atoms with van der Waals surface area (Å²) in [5, 5.41) is 0. The van der Waals surface area contributed by atoms with Crippen molar-refractivity contribution < 1.29 is 47.6 Å². The van der Waals surface area contributed by atoms with Gasteiger partial charge in [-0.1, -0.05) is 0 Å². The Balaban J connectivity index is 2.07. The molecule has 0 spiro atoms. The van der Waals surface area contributed by atoms with Crippen molar-refractivity contribution in [3.63, 3.8) is 0 Å². The quantitative estimate of drug-likeness (QED) is 0.471. The fourth-order valence-corrected chi connectivity index (χ4v) is 3.71. The normalized spacial score (nSPS) is 35.9. The van der Waals surface area contributed by atoms with Crippen LogP contribution in [0.4, 0.5) is 4.79 Å². The van der Waals surface area contributed by atoms with E-state index in [1.54, 1.807) is 27.7 Å². The minimum Gasteiger partial charge on any atom is -0.455 e. The minimum absolute atomic E-state index is 0.130. The molecular formula is C19H27NO10. The van der Waals surface area contributed by atoms with Crippen molar-refractivity contribution in [1.29, 1.82) is 0 Å². The predicted octanol–water partition coefficient (Wildman–Crippen LogP) is 0.875. The molecule has 2 bridgehead atoms. The van der Waals surface area contributed by atoms with Gasteiger partial charge in [0.1, 0.15) is 5.60 Å². The molecule has 0 N–H and O–H groups in total. The van der Waals surface area contributed by atoms with Gasteiger partial charge in [0, 0.05) is 20.3 Å². The highest BCUT2D eigenvalue weighted by molar-refractivity contribution is 5.99. The Bertz CT molecular complexity index is 761. The van der Waals surface area contributed by atoms with Crippen molar-refractivity contribution in [2.75, 3.05) is 13.2 Å². The highest BCUT2D eigenvalue weighted by atomic mass is 16.9. The molecule has 5 atom stereocenters. The van der Waals surface area contributed by atoms with Crippen molar-refractivity contribution in [3.05, 3.63) is 0 Å². The van der Waals surface area contributed by atoms with Gasteiger partial charge in [0.05, 0.1) is 18.8 Å². The Labute approximate surface area is 173 Å². The molecule has 0 saturated carbocycles. The molecule has 0 radical (unpaired) electrons. The molecular weight excluding hydrogens is 402 g/mol. The molecule has 3 saturated heterocycles. The molecule has 3 aliphatic rings. The van der Waals surface area contributed by atoms with Crippen LogP contribution in [0.15, 0.2) is 0 Å². The van der Waals surface area contributed by atoms with Gasteiger partial charge >= 0.3 is 24.0 Å². The Hall–Kier alpha value is -2.24. The molecule has 3 fully saturated rings. The highest BCUT2D eigenvalue weighted by Gasteiger charge is 2.70. The zero-order chi connectivity index (χ0) is 22.5. The standard InChI is InChI=1S/C19H27NO10/c1-10(21)27-12-13(28-11(2)22)15(23)20(16(24)29-17(3,4)5)14(12)19-25-8-7-18(6,30-19)9-26-19/h12-14H,7-9H2,1-6H3/t12-,13+,14-,18?,19?/m0/s1. The summed E-state index contributed by atoms with van der Waals surface area (Å²) in [4.78, 5) is 50.3. The second-order valence-electron chi connectivity index (χ2n) is 8.78. The zero-order valence-corrected chi connectivity index (χ0v) is 17.9. The molecule has 168 valence electrons. The van der Waals surface area contributed by atoms with Crippen LogP contribution in [0, 0.1) is 0 Å². The SMILES string of the molecule is CC(=O)O[C@@H]1[C@@H](C23OCCC(C)(CO2)O3)N(C(=O)OC(C)(C)C)C(=O)[C@@H]1OC(C)=O. The number of likely N-dealkylation sites (tertiary alicyclic amines) is 1. The number of imide groups is 1. The molecule has 2 unspecified atom stereocenters. The highest BCUT2D eigenvalue weighted by Crippen LogP contribution is 2.46. The van der Waals surface area contributed by atoms with E-state index in [2.05, 4.69) is 0 Å². The average molecular weight is 429 g/mol. The summed E-state index contributed by atoms with van der Waals surface area (Å²) in [6.07, 6.45) is -3.53. The van der Waals surface area contributed by atoms with E-state index in [1.807, 2.05) is 0 Å².